The van der Waals surface area contributed by atoms with Crippen LogP contribution in [0.1, 0.15) is 10.5 Å². The summed E-state index contributed by atoms with van der Waals surface area (Å²) in [6, 6.07) is 5.01. The Morgan fingerprint density at radius 3 is 2.88 bits per heavy atom. The molecule has 0 fully saturated rings. The van der Waals surface area contributed by atoms with Gasteiger partial charge in [0.2, 0.25) is 5.78 Å². The first-order valence-electron chi connectivity index (χ1n) is 4.80. The van der Waals surface area contributed by atoms with Gasteiger partial charge < -0.3 is 15.2 Å². The van der Waals surface area contributed by atoms with E-state index in [1.54, 1.807) is 18.2 Å². The lowest BCUT2D eigenvalue weighted by atomic mass is 10.2. The molecule has 0 aliphatic heterocycles. The molecule has 0 aliphatic rings. The normalized spacial score (nSPS) is 9.94. The van der Waals surface area contributed by atoms with Gasteiger partial charge in [0.15, 0.2) is 0 Å². The number of nitrogens with zero attached hydrogens (tertiary/aromatic N) is 1. The molecule has 0 unspecified atom stereocenters. The molecule has 7 heteroatoms. The number of ketones is 1. The van der Waals surface area contributed by atoms with E-state index in [0.29, 0.717) is 10.3 Å². The number of halogens is 1. The summed E-state index contributed by atoms with van der Waals surface area (Å²) < 4.78 is 5.59. The van der Waals surface area contributed by atoms with E-state index in [-0.39, 0.29) is 25.5 Å². The van der Waals surface area contributed by atoms with Crippen molar-refractivity contribution >= 4 is 27.8 Å². The third-order valence-electron chi connectivity index (χ3n) is 1.76. The zero-order valence-electron chi connectivity index (χ0n) is 8.85. The first-order chi connectivity index (χ1) is 8.09. The van der Waals surface area contributed by atoms with Crippen LogP contribution < -0.4 is 5.32 Å². The first kappa shape index (κ1) is 13.6. The number of Topliss-reactive ketones (excluding diaryl/α,β-unsaturated/α-hetero) is 1. The number of pyridine rings is 1. The fraction of sp³-hybridized carbons (Fsp3) is 0.300. The van der Waals surface area contributed by atoms with Crippen molar-refractivity contribution in [1.82, 2.24) is 10.3 Å². The molecular formula is C10H11BrN2O4. The largest absolute Gasteiger partial charge is 0.465 e. The van der Waals surface area contributed by atoms with Crippen LogP contribution in [0.4, 0.5) is 4.79 Å². The number of carbonyl (C=O) groups is 2. The molecule has 0 saturated carbocycles. The Hall–Kier alpha value is -1.47. The Morgan fingerprint density at radius 1 is 1.47 bits per heavy atom. The van der Waals surface area contributed by atoms with E-state index in [0.717, 1.165) is 0 Å². The lowest BCUT2D eigenvalue weighted by molar-refractivity contribution is 0.0760. The quantitative estimate of drug-likeness (QED) is 0.470. The van der Waals surface area contributed by atoms with E-state index in [1.807, 2.05) is 0 Å². The highest BCUT2D eigenvalue weighted by atomic mass is 79.9. The van der Waals surface area contributed by atoms with Gasteiger partial charge in [-0.2, -0.15) is 0 Å². The minimum atomic E-state index is -1.12. The summed E-state index contributed by atoms with van der Waals surface area (Å²) in [7, 11) is 0. The van der Waals surface area contributed by atoms with Gasteiger partial charge in [0.25, 0.3) is 0 Å². The van der Waals surface area contributed by atoms with Crippen molar-refractivity contribution in [2.45, 2.75) is 0 Å². The monoisotopic (exact) mass is 302 g/mol. The Balaban J connectivity index is 2.28. The number of nitrogens with one attached hydrogen (secondary N) is 1. The van der Waals surface area contributed by atoms with Crippen LogP contribution >= 0.6 is 15.9 Å². The average Bonchev–Trinajstić information content (AvgIpc) is 2.28. The zero-order chi connectivity index (χ0) is 12.7. The number of hydrogen-bond donors (Lipinski definition) is 2. The van der Waals surface area contributed by atoms with E-state index in [4.69, 9.17) is 9.84 Å². The predicted octanol–water partition coefficient (Wildman–Crippen LogP) is 1.31. The second-order valence-corrected chi connectivity index (χ2v) is 3.87. The first-order valence-corrected chi connectivity index (χ1v) is 5.59. The zero-order valence-corrected chi connectivity index (χ0v) is 10.4. The Labute approximate surface area is 106 Å². The van der Waals surface area contributed by atoms with Gasteiger partial charge in [-0.15, -0.1) is 0 Å². The standard InChI is InChI=1S/C10H11BrN2O4/c11-9-3-1-2-7(13-9)8(14)6-17-5-4-12-10(15)16/h1-3,12H,4-6H2,(H,15,16). The van der Waals surface area contributed by atoms with E-state index >= 15 is 0 Å². The van der Waals surface area contributed by atoms with Gasteiger partial charge in [-0.1, -0.05) is 6.07 Å². The van der Waals surface area contributed by atoms with Crippen molar-refractivity contribution in [2.24, 2.45) is 0 Å². The third-order valence-corrected chi connectivity index (χ3v) is 2.20. The van der Waals surface area contributed by atoms with E-state index in [1.165, 1.54) is 0 Å². The average molecular weight is 303 g/mol. The van der Waals surface area contributed by atoms with Crippen LogP contribution in [0.15, 0.2) is 22.8 Å². The molecular weight excluding hydrogens is 292 g/mol. The van der Waals surface area contributed by atoms with Crippen molar-refractivity contribution < 1.29 is 19.4 Å². The van der Waals surface area contributed by atoms with Gasteiger partial charge in [-0.05, 0) is 28.1 Å². The second-order valence-electron chi connectivity index (χ2n) is 3.05. The molecule has 0 radical (unpaired) electrons. The molecule has 6 nitrogen and oxygen atoms in total. The fourth-order valence-electron chi connectivity index (χ4n) is 1.03. The lowest BCUT2D eigenvalue weighted by Crippen LogP contribution is -2.26. The van der Waals surface area contributed by atoms with Gasteiger partial charge in [-0.3, -0.25) is 4.79 Å². The molecule has 1 aromatic rings. The summed E-state index contributed by atoms with van der Waals surface area (Å²) in [5.74, 6) is -0.248. The summed E-state index contributed by atoms with van der Waals surface area (Å²) in [5.41, 5.74) is 0.311. The van der Waals surface area contributed by atoms with E-state index < -0.39 is 6.09 Å². The molecule has 1 rings (SSSR count). The summed E-state index contributed by atoms with van der Waals surface area (Å²) in [4.78, 5) is 25.6. The topological polar surface area (TPSA) is 88.5 Å². The molecule has 17 heavy (non-hydrogen) atoms. The molecule has 1 amide bonds. The summed E-state index contributed by atoms with van der Waals surface area (Å²) >= 11 is 3.16. The second kappa shape index (κ2) is 6.97. The SMILES string of the molecule is O=C(O)NCCOCC(=O)c1cccc(Br)n1. The van der Waals surface area contributed by atoms with Crippen LogP contribution in [0, 0.1) is 0 Å². The molecule has 0 aliphatic carbocycles. The third kappa shape index (κ3) is 5.41. The van der Waals surface area contributed by atoms with Gasteiger partial charge in [0.05, 0.1) is 6.61 Å². The molecule has 0 aromatic carbocycles. The van der Waals surface area contributed by atoms with Crippen LogP contribution in [0.3, 0.4) is 0 Å². The Kier molecular flexibility index (Phi) is 5.58. The minimum absolute atomic E-state index is 0.120. The number of ether oxygens (including phenoxy) is 1. The highest BCUT2D eigenvalue weighted by Gasteiger charge is 2.07. The molecule has 1 heterocycles. The van der Waals surface area contributed by atoms with Gasteiger partial charge in [-0.25, -0.2) is 9.78 Å². The van der Waals surface area contributed by atoms with Crippen LogP contribution in [-0.4, -0.2) is 41.7 Å². The Bertz CT molecular complexity index is 411. The maximum atomic E-state index is 11.5. The van der Waals surface area contributed by atoms with Crippen molar-refractivity contribution in [1.29, 1.82) is 0 Å². The highest BCUT2D eigenvalue weighted by Crippen LogP contribution is 2.06. The van der Waals surface area contributed by atoms with Gasteiger partial charge in [0, 0.05) is 6.54 Å². The van der Waals surface area contributed by atoms with Crippen LogP contribution in [-0.2, 0) is 4.74 Å². The van der Waals surface area contributed by atoms with Crippen molar-refractivity contribution in [3.05, 3.63) is 28.5 Å². The fourth-order valence-corrected chi connectivity index (χ4v) is 1.38. The van der Waals surface area contributed by atoms with Crippen molar-refractivity contribution in [3.8, 4) is 0 Å². The number of rotatable bonds is 6. The van der Waals surface area contributed by atoms with Crippen molar-refractivity contribution in [2.75, 3.05) is 19.8 Å². The number of amides is 1. The summed E-state index contributed by atoms with van der Waals surface area (Å²) in [6.45, 7) is 0.172. The number of carboxylic acid groups (broad SMARTS) is 1. The van der Waals surface area contributed by atoms with Crippen LogP contribution in [0.25, 0.3) is 0 Å². The number of carbonyl (C=O) groups excluding carboxylic acids is 1. The highest BCUT2D eigenvalue weighted by molar-refractivity contribution is 9.10. The predicted molar refractivity (Wildman–Crippen MR) is 63.1 cm³/mol. The lowest BCUT2D eigenvalue weighted by Gasteiger charge is -2.03. The van der Waals surface area contributed by atoms with E-state index in [9.17, 15) is 9.59 Å². The van der Waals surface area contributed by atoms with Crippen LogP contribution in [0.5, 0.6) is 0 Å². The molecule has 92 valence electrons. The van der Waals surface area contributed by atoms with Crippen LogP contribution in [0.2, 0.25) is 0 Å². The molecule has 0 bridgehead atoms. The van der Waals surface area contributed by atoms with E-state index in [2.05, 4.69) is 26.2 Å². The maximum absolute atomic E-state index is 11.5. The minimum Gasteiger partial charge on any atom is -0.465 e. The van der Waals surface area contributed by atoms with Crippen molar-refractivity contribution in [3.63, 3.8) is 0 Å². The van der Waals surface area contributed by atoms with Gasteiger partial charge >= 0.3 is 6.09 Å². The molecule has 0 atom stereocenters. The number of hydrogen-bond acceptors (Lipinski definition) is 4. The maximum Gasteiger partial charge on any atom is 0.404 e. The Morgan fingerprint density at radius 2 is 2.24 bits per heavy atom. The molecule has 2 N–H and O–H groups in total. The molecule has 1 aromatic heterocycles. The molecule has 0 saturated heterocycles. The smallest absolute Gasteiger partial charge is 0.404 e. The number of aromatic nitrogens is 1. The molecule has 0 spiro atoms. The van der Waals surface area contributed by atoms with Gasteiger partial charge in [0.1, 0.15) is 16.9 Å². The summed E-state index contributed by atoms with van der Waals surface area (Å²) in [5, 5.41) is 10.4. The summed E-state index contributed by atoms with van der Waals surface area (Å²) in [6.07, 6.45) is -1.12.